The van der Waals surface area contributed by atoms with Gasteiger partial charge in [0.15, 0.2) is 0 Å². The Balaban J connectivity index is 0.893. The second kappa shape index (κ2) is 18.9. The average molecular weight is 1140 g/mol. The topological polar surface area (TPSA) is 166 Å². The van der Waals surface area contributed by atoms with E-state index in [9.17, 15) is 15.0 Å². The quantitative estimate of drug-likeness (QED) is 0.0745. The van der Waals surface area contributed by atoms with Crippen LogP contribution in [0.2, 0.25) is 0 Å². The maximum Gasteiger partial charge on any atom is 0.331 e. The van der Waals surface area contributed by atoms with Crippen molar-refractivity contribution in [1.82, 2.24) is 5.32 Å². The molecule has 12 aliphatic carbocycles. The number of likely N-dealkylation sites (N-methyl/N-ethyl adjacent to an activating group) is 1. The molecular formula is C69H87NO9S2. The van der Waals surface area contributed by atoms with E-state index < -0.39 is 63.0 Å². The number of carbonyl (C=O) groups is 2. The molecule has 10 saturated carbocycles. The van der Waals surface area contributed by atoms with E-state index in [1.54, 1.807) is 6.08 Å². The summed E-state index contributed by atoms with van der Waals surface area (Å²) in [7, 11) is 6.03. The molecule has 2 aromatic rings. The van der Waals surface area contributed by atoms with E-state index in [4.69, 9.17) is 9.47 Å². The van der Waals surface area contributed by atoms with Gasteiger partial charge in [-0.3, -0.25) is 0 Å². The lowest BCUT2D eigenvalue weighted by atomic mass is 9.29. The molecule has 12 fully saturated rings. The van der Waals surface area contributed by atoms with Crippen LogP contribution >= 0.6 is 21.6 Å². The van der Waals surface area contributed by atoms with Crippen LogP contribution in [0.4, 0.5) is 0 Å². The third kappa shape index (κ3) is 6.78. The summed E-state index contributed by atoms with van der Waals surface area (Å²) in [5.41, 5.74) is -3.97. The Kier molecular flexibility index (Phi) is 12.5. The smallest absolute Gasteiger partial charge is 0.331 e. The summed E-state index contributed by atoms with van der Waals surface area (Å²) >= 11 is 0. The van der Waals surface area contributed by atoms with Crippen LogP contribution in [0.15, 0.2) is 60.2 Å². The van der Waals surface area contributed by atoms with Crippen LogP contribution in [0.3, 0.4) is 0 Å². The highest BCUT2D eigenvalue weighted by Gasteiger charge is 2.90. The molecule has 0 aromatic heterocycles. The third-order valence-electron chi connectivity index (χ3n) is 28.4. The van der Waals surface area contributed by atoms with Gasteiger partial charge in [0.2, 0.25) is 0 Å². The summed E-state index contributed by atoms with van der Waals surface area (Å²) in [5.74, 6) is 8.90. The minimum atomic E-state index is -2.20. The molecule has 0 radical (unpaired) electrons. The highest BCUT2D eigenvalue weighted by Crippen LogP contribution is 2.86. The molecule has 3 heterocycles. The van der Waals surface area contributed by atoms with Gasteiger partial charge >= 0.3 is 5.97 Å². The summed E-state index contributed by atoms with van der Waals surface area (Å²) in [4.78, 5) is 29.9. The lowest BCUT2D eigenvalue weighted by Gasteiger charge is -2.78. The van der Waals surface area contributed by atoms with Crippen molar-refractivity contribution in [3.63, 3.8) is 0 Å². The standard InChI is InChI=1S/C69H87NO9S2/c1-38-42-15-14-39(25-42)34-80-81-35-56-48-19-23-63-22-18-44(40-9-4-3-5-10-40)26-47(63)29-53(48)66(63)36-65(37-72)57-20-24-64-21-7-6-11-41-12-8-13-45(33-71)49(41)30-55(70-2)50-27-46(59(64)51-31-58(73)79-60(50)51)32-67(64,75)69(57,77)61(74)54-28-43(38)16-17-52(62(66)78-56)68(54,65)76/h3-5,8-10,12-13,31,37-39,42-44,46-48,50,52-57,59-62,70-71,74-77H,7,14-30,32-36H2,1-2H3/t38-,39-,42-,43+,44+,46-,47-,48+,50+,52+,53-,54+,55+,56+,57+,59+,60-,61+,62+,63-,64+,65-,66-,67+,68+,69+/m0/s1. The van der Waals surface area contributed by atoms with Crippen LogP contribution in [-0.2, 0) is 32.1 Å². The number of aliphatic hydroxyl groups excluding tert-OH is 2. The fourth-order valence-electron chi connectivity index (χ4n) is 25.5. The summed E-state index contributed by atoms with van der Waals surface area (Å²) in [6.07, 6.45) is 16.0. The molecule has 0 amide bonds. The molecule has 0 unspecified atom stereocenters. The van der Waals surface area contributed by atoms with Gasteiger partial charge in [0.05, 0.1) is 35.9 Å². The van der Waals surface area contributed by atoms with Crippen molar-refractivity contribution >= 4 is 33.8 Å². The van der Waals surface area contributed by atoms with Crippen LogP contribution in [-0.4, -0.2) is 104 Å². The zero-order valence-electron chi connectivity index (χ0n) is 47.7. The molecule has 15 aliphatic rings. The van der Waals surface area contributed by atoms with Crippen molar-refractivity contribution in [2.75, 3.05) is 18.6 Å². The lowest BCUT2D eigenvalue weighted by molar-refractivity contribution is -0.404. The number of esters is 1. The van der Waals surface area contributed by atoms with Crippen molar-refractivity contribution in [2.24, 2.45) is 98.6 Å². The monoisotopic (exact) mass is 1140 g/mol. The van der Waals surface area contributed by atoms with Crippen molar-refractivity contribution in [3.05, 3.63) is 82.4 Å². The zero-order chi connectivity index (χ0) is 55.2. The first-order chi connectivity index (χ1) is 39.2. The van der Waals surface area contributed by atoms with Crippen LogP contribution in [0.5, 0.6) is 0 Å². The first kappa shape index (κ1) is 53.7. The van der Waals surface area contributed by atoms with Gasteiger partial charge in [-0.2, -0.15) is 0 Å². The number of hydrogen-bond donors (Lipinski definition) is 6. The van der Waals surface area contributed by atoms with Crippen molar-refractivity contribution in [3.8, 4) is 11.8 Å². The maximum absolute atomic E-state index is 15.9. The molecule has 2 aromatic carbocycles. The number of carbonyl (C=O) groups excluding carboxylic acids is 2. The van der Waals surface area contributed by atoms with E-state index in [0.717, 1.165) is 91.4 Å². The number of fused-ring (bicyclic) bond motifs is 12. The summed E-state index contributed by atoms with van der Waals surface area (Å²) in [6, 6.07) is 16.9. The molecule has 14 bridgehead atoms. The average Bonchev–Trinajstić information content (AvgIpc) is 1.67. The van der Waals surface area contributed by atoms with Crippen LogP contribution in [0.1, 0.15) is 157 Å². The molecule has 6 N–H and O–H groups in total. The van der Waals surface area contributed by atoms with Crippen molar-refractivity contribution < 1.29 is 44.6 Å². The summed E-state index contributed by atoms with van der Waals surface area (Å²) in [6.45, 7) is 2.32. The van der Waals surface area contributed by atoms with E-state index in [2.05, 4.69) is 65.2 Å². The zero-order valence-corrected chi connectivity index (χ0v) is 49.3. The fourth-order valence-corrected chi connectivity index (χ4v) is 28.2. The predicted octanol–water partition coefficient (Wildman–Crippen LogP) is 9.75. The minimum Gasteiger partial charge on any atom is -0.454 e. The molecule has 3 spiro atoms. The number of benzene rings is 2. The third-order valence-corrected chi connectivity index (χ3v) is 30.9. The molecule has 3 aliphatic heterocycles. The molecule has 17 rings (SSSR count). The summed E-state index contributed by atoms with van der Waals surface area (Å²) < 4.78 is 14.5. The lowest BCUT2D eigenvalue weighted by Crippen LogP contribution is -2.88. The number of aliphatic hydroxyl groups is 5. The van der Waals surface area contributed by atoms with Crippen LogP contribution in [0.25, 0.3) is 0 Å². The normalized spacial score (nSPS) is 53.2. The predicted molar refractivity (Wildman–Crippen MR) is 312 cm³/mol. The number of ether oxygens (including phenoxy) is 2. The fraction of sp³-hybridized carbons (Fsp3) is 0.739. The van der Waals surface area contributed by atoms with Gasteiger partial charge in [-0.25, -0.2) is 4.79 Å². The van der Waals surface area contributed by atoms with Gasteiger partial charge in [0.1, 0.15) is 23.6 Å². The van der Waals surface area contributed by atoms with Gasteiger partial charge in [0.25, 0.3) is 0 Å². The number of aldehydes is 1. The Morgan fingerprint density at radius 3 is 2.43 bits per heavy atom. The largest absolute Gasteiger partial charge is 0.454 e. The second-order valence-corrected chi connectivity index (χ2v) is 32.5. The van der Waals surface area contributed by atoms with E-state index in [-0.39, 0.29) is 66.3 Å². The highest BCUT2D eigenvalue weighted by atomic mass is 33.1. The summed E-state index contributed by atoms with van der Waals surface area (Å²) in [5, 5.41) is 74.1. The maximum atomic E-state index is 15.9. The van der Waals surface area contributed by atoms with Crippen LogP contribution in [0, 0.1) is 110 Å². The van der Waals surface area contributed by atoms with Gasteiger partial charge < -0.3 is 45.1 Å². The molecular weight excluding hydrogens is 1050 g/mol. The number of hydrogen-bond acceptors (Lipinski definition) is 12. The first-order valence-corrected chi connectivity index (χ1v) is 34.8. The molecule has 26 atom stereocenters. The van der Waals surface area contributed by atoms with Crippen molar-refractivity contribution in [2.45, 2.75) is 195 Å². The van der Waals surface area contributed by atoms with Gasteiger partial charge in [0, 0.05) is 70.1 Å². The number of rotatable bonds is 4. The minimum absolute atomic E-state index is 0.0334. The second-order valence-electron chi connectivity index (χ2n) is 30.0. The van der Waals surface area contributed by atoms with E-state index >= 15 is 20.1 Å². The Bertz CT molecular complexity index is 2980. The van der Waals surface area contributed by atoms with Gasteiger partial charge in [-0.1, -0.05) is 82.8 Å². The van der Waals surface area contributed by atoms with E-state index in [1.807, 2.05) is 36.0 Å². The van der Waals surface area contributed by atoms with Gasteiger partial charge in [-0.05, 0) is 222 Å². The molecule has 434 valence electrons. The molecule has 2 saturated heterocycles. The SMILES string of the molecule is CN[C@@H]1Cc2c(cccc2CO)C#CCC[C@]23CC[C@H]4[C@@](O)([C@H](O)[C@H]5C[C@H]6CC[C@@H]7[C@H]8O[C@H](CSSC[C@H]9CC[C@@H](C9)[C@@H]6C)[C@@H]6CC[C@@]9%10CC[C@@H](c%11ccccc%11)C[C@H]9C[C@@H]6[C@@]8%10C[C@@]4(C=O)[C@]57O)[C@@]2(O)C[C@@H]2C[C@H]1[C@@H]1OC(=O)C=C1[C@@H]23. The van der Waals surface area contributed by atoms with E-state index in [1.165, 1.54) is 24.8 Å². The molecule has 10 nitrogen and oxygen atoms in total. The Labute approximate surface area is 487 Å². The Hall–Kier alpha value is -2.70. The van der Waals surface area contributed by atoms with Crippen LogP contribution < -0.4 is 5.32 Å². The molecule has 12 heteroatoms. The highest BCUT2D eigenvalue weighted by molar-refractivity contribution is 8.76. The first-order valence-electron chi connectivity index (χ1n) is 32.3. The molecule has 81 heavy (non-hydrogen) atoms. The Morgan fingerprint density at radius 2 is 1.60 bits per heavy atom. The van der Waals surface area contributed by atoms with Gasteiger partial charge in [-0.15, -0.1) is 0 Å². The van der Waals surface area contributed by atoms with E-state index in [0.29, 0.717) is 92.8 Å². The Morgan fingerprint density at radius 1 is 0.802 bits per heavy atom. The number of nitrogens with one attached hydrogen (secondary N) is 1. The van der Waals surface area contributed by atoms with Crippen molar-refractivity contribution in [1.29, 1.82) is 0 Å².